The highest BCUT2D eigenvalue weighted by Gasteiger charge is 2.43. The lowest BCUT2D eigenvalue weighted by molar-refractivity contribution is -0.129. The number of aromatic nitrogens is 2. The molecule has 4 heterocycles. The highest BCUT2D eigenvalue weighted by molar-refractivity contribution is 7.91. The quantitative estimate of drug-likeness (QED) is 0.404. The summed E-state index contributed by atoms with van der Waals surface area (Å²) in [4.78, 5) is 21.5. The lowest BCUT2D eigenvalue weighted by atomic mass is 10.1. The fraction of sp³-hybridized carbons (Fsp3) is 0.273. The number of aromatic amines is 1. The third-order valence-electron chi connectivity index (χ3n) is 5.86. The maximum atomic E-state index is 13.5. The Kier molecular flexibility index (Phi) is 5.98. The van der Waals surface area contributed by atoms with Gasteiger partial charge in [-0.3, -0.25) is 9.88 Å². The molecule has 0 saturated carbocycles. The first-order chi connectivity index (χ1) is 15.9. The van der Waals surface area contributed by atoms with Crippen LogP contribution in [-0.4, -0.2) is 66.3 Å². The monoisotopic (exact) mass is 504 g/mol. The molecule has 0 aliphatic carbocycles. The molecule has 3 aromatic heterocycles. The van der Waals surface area contributed by atoms with Gasteiger partial charge in [0.05, 0.1) is 0 Å². The number of rotatable bonds is 6. The van der Waals surface area contributed by atoms with Crippen molar-refractivity contribution in [3.8, 4) is 0 Å². The van der Waals surface area contributed by atoms with Gasteiger partial charge in [0.1, 0.15) is 22.8 Å². The SMILES string of the molecule is CO[C@H]1C(C=O)N(Cc2cc3cnccc3[nH]2)CCN1S(=O)(=O)c1cc2ccc(Cl)cc2s1. The van der Waals surface area contributed by atoms with E-state index in [-0.39, 0.29) is 10.8 Å². The number of nitrogens with zero attached hydrogens (tertiary/aromatic N) is 3. The molecule has 4 aromatic rings. The summed E-state index contributed by atoms with van der Waals surface area (Å²) in [6.45, 7) is 1.03. The molecule has 0 spiro atoms. The van der Waals surface area contributed by atoms with E-state index in [0.717, 1.165) is 44.3 Å². The van der Waals surface area contributed by atoms with Crippen LogP contribution in [0.5, 0.6) is 0 Å². The number of halogens is 1. The molecule has 0 radical (unpaired) electrons. The van der Waals surface area contributed by atoms with E-state index in [1.54, 1.807) is 36.7 Å². The average Bonchev–Trinajstić information content (AvgIpc) is 3.42. The van der Waals surface area contributed by atoms with Crippen LogP contribution in [-0.2, 0) is 26.1 Å². The van der Waals surface area contributed by atoms with E-state index in [9.17, 15) is 13.2 Å². The number of hydrogen-bond donors (Lipinski definition) is 1. The van der Waals surface area contributed by atoms with Crippen molar-refractivity contribution in [3.63, 3.8) is 0 Å². The fourth-order valence-electron chi connectivity index (χ4n) is 4.27. The number of ether oxygens (including phenoxy) is 1. The Balaban J connectivity index is 1.43. The van der Waals surface area contributed by atoms with Crippen molar-refractivity contribution in [2.45, 2.75) is 23.0 Å². The average molecular weight is 505 g/mol. The minimum Gasteiger partial charge on any atom is -0.363 e. The number of methoxy groups -OCH3 is 1. The summed E-state index contributed by atoms with van der Waals surface area (Å²) in [5.41, 5.74) is 1.87. The number of aldehydes is 1. The van der Waals surface area contributed by atoms with Crippen molar-refractivity contribution in [2.75, 3.05) is 20.2 Å². The fourth-order valence-corrected chi connectivity index (χ4v) is 7.63. The van der Waals surface area contributed by atoms with E-state index >= 15 is 0 Å². The number of H-pyrrole nitrogens is 1. The summed E-state index contributed by atoms with van der Waals surface area (Å²) in [6.07, 6.45) is 3.29. The molecule has 2 atom stereocenters. The van der Waals surface area contributed by atoms with Gasteiger partial charge in [0, 0.05) is 65.5 Å². The van der Waals surface area contributed by atoms with Crippen molar-refractivity contribution < 1.29 is 17.9 Å². The second kappa shape index (κ2) is 8.79. The highest BCUT2D eigenvalue weighted by atomic mass is 35.5. The van der Waals surface area contributed by atoms with E-state index in [0.29, 0.717) is 18.1 Å². The Morgan fingerprint density at radius 2 is 2.09 bits per heavy atom. The summed E-state index contributed by atoms with van der Waals surface area (Å²) in [6, 6.07) is 10.0. The molecule has 1 aromatic carbocycles. The van der Waals surface area contributed by atoms with Crippen LogP contribution in [0.2, 0.25) is 5.02 Å². The molecule has 1 saturated heterocycles. The molecule has 172 valence electrons. The molecule has 33 heavy (non-hydrogen) atoms. The number of benzene rings is 1. The second-order valence-corrected chi connectivity index (χ2v) is 11.5. The molecule has 5 rings (SSSR count). The van der Waals surface area contributed by atoms with Crippen LogP contribution in [0, 0.1) is 0 Å². The molecule has 1 aliphatic heterocycles. The van der Waals surface area contributed by atoms with Gasteiger partial charge >= 0.3 is 0 Å². The first-order valence-electron chi connectivity index (χ1n) is 10.3. The highest BCUT2D eigenvalue weighted by Crippen LogP contribution is 2.35. The van der Waals surface area contributed by atoms with Gasteiger partial charge in [-0.1, -0.05) is 17.7 Å². The Bertz CT molecular complexity index is 1400. The molecule has 0 bridgehead atoms. The van der Waals surface area contributed by atoms with Crippen molar-refractivity contribution in [3.05, 3.63) is 59.5 Å². The minimum absolute atomic E-state index is 0.196. The first-order valence-corrected chi connectivity index (χ1v) is 12.9. The summed E-state index contributed by atoms with van der Waals surface area (Å²) in [5.74, 6) is 0. The largest absolute Gasteiger partial charge is 0.363 e. The number of thiophene rings is 1. The van der Waals surface area contributed by atoms with Crippen molar-refractivity contribution in [2.24, 2.45) is 0 Å². The Labute approximate surface area is 199 Å². The molecule has 1 unspecified atom stereocenters. The molecule has 1 fully saturated rings. The topological polar surface area (TPSA) is 95.6 Å². The van der Waals surface area contributed by atoms with Gasteiger partial charge in [-0.05, 0) is 35.7 Å². The van der Waals surface area contributed by atoms with Crippen LogP contribution in [0.3, 0.4) is 0 Å². The number of piperazine rings is 1. The van der Waals surface area contributed by atoms with Crippen LogP contribution in [0.25, 0.3) is 21.0 Å². The normalized spacial score (nSPS) is 20.5. The summed E-state index contributed by atoms with van der Waals surface area (Å²) in [7, 11) is -2.45. The van der Waals surface area contributed by atoms with Crippen LogP contribution in [0.1, 0.15) is 5.69 Å². The van der Waals surface area contributed by atoms with Crippen molar-refractivity contribution in [1.82, 2.24) is 19.2 Å². The summed E-state index contributed by atoms with van der Waals surface area (Å²) < 4.78 is 34.9. The van der Waals surface area contributed by atoms with E-state index in [4.69, 9.17) is 16.3 Å². The lowest BCUT2D eigenvalue weighted by Crippen LogP contribution is -2.61. The van der Waals surface area contributed by atoms with Crippen molar-refractivity contribution >= 4 is 60.2 Å². The number of nitrogens with one attached hydrogen (secondary N) is 1. The molecule has 8 nitrogen and oxygen atoms in total. The molecular weight excluding hydrogens is 484 g/mol. The van der Waals surface area contributed by atoms with Gasteiger partial charge in [-0.25, -0.2) is 8.42 Å². The molecular formula is C22H21ClN4O4S2. The van der Waals surface area contributed by atoms with E-state index in [1.807, 2.05) is 17.0 Å². The van der Waals surface area contributed by atoms with Gasteiger partial charge in [-0.2, -0.15) is 4.31 Å². The predicted molar refractivity (Wildman–Crippen MR) is 128 cm³/mol. The predicted octanol–water partition coefficient (Wildman–Crippen LogP) is 3.48. The Hall–Kier alpha value is -2.34. The van der Waals surface area contributed by atoms with Crippen LogP contribution in [0.15, 0.2) is 53.0 Å². The van der Waals surface area contributed by atoms with Gasteiger partial charge < -0.3 is 14.5 Å². The number of carbonyl (C=O) groups is 1. The summed E-state index contributed by atoms with van der Waals surface area (Å²) >= 11 is 7.22. The number of carbonyl (C=O) groups excluding carboxylic acids is 1. The maximum Gasteiger partial charge on any atom is 0.254 e. The lowest BCUT2D eigenvalue weighted by Gasteiger charge is -2.43. The smallest absolute Gasteiger partial charge is 0.254 e. The van der Waals surface area contributed by atoms with E-state index in [2.05, 4.69) is 9.97 Å². The zero-order chi connectivity index (χ0) is 23.2. The summed E-state index contributed by atoms with van der Waals surface area (Å²) in [5, 5.41) is 2.32. The van der Waals surface area contributed by atoms with Gasteiger partial charge in [-0.15, -0.1) is 11.3 Å². The molecule has 1 aliphatic rings. The third kappa shape index (κ3) is 4.07. The van der Waals surface area contributed by atoms with E-state index < -0.39 is 22.3 Å². The number of pyridine rings is 1. The van der Waals surface area contributed by atoms with Crippen LogP contribution < -0.4 is 0 Å². The standard InChI is InChI=1S/C22H21ClN4O4S2/c1-31-22-19(13-28)26(12-17-8-15-11-24-5-4-18(15)25-17)6-7-27(22)33(29,30)21-9-14-2-3-16(23)10-20(14)32-21/h2-5,8-11,13,19,22,25H,6-7,12H2,1H3/t19?,22-/m0/s1. The van der Waals surface area contributed by atoms with Crippen LogP contribution in [0.4, 0.5) is 0 Å². The molecule has 0 amide bonds. The third-order valence-corrected chi connectivity index (χ3v) is 9.50. The number of hydrogen-bond acceptors (Lipinski definition) is 7. The van der Waals surface area contributed by atoms with Gasteiger partial charge in [0.15, 0.2) is 0 Å². The number of sulfonamides is 1. The van der Waals surface area contributed by atoms with Gasteiger partial charge in [0.2, 0.25) is 0 Å². The Morgan fingerprint density at radius 1 is 1.24 bits per heavy atom. The Morgan fingerprint density at radius 3 is 2.85 bits per heavy atom. The maximum absolute atomic E-state index is 13.5. The minimum atomic E-state index is -3.88. The zero-order valence-electron chi connectivity index (χ0n) is 17.6. The molecule has 11 heteroatoms. The first kappa shape index (κ1) is 22.5. The van der Waals surface area contributed by atoms with Crippen molar-refractivity contribution in [1.29, 1.82) is 0 Å². The number of fused-ring (bicyclic) bond motifs is 2. The van der Waals surface area contributed by atoms with Gasteiger partial charge in [0.25, 0.3) is 10.0 Å². The molecule has 1 N–H and O–H groups in total. The van der Waals surface area contributed by atoms with E-state index in [1.165, 1.54) is 11.4 Å². The van der Waals surface area contributed by atoms with Crippen LogP contribution >= 0.6 is 22.9 Å². The zero-order valence-corrected chi connectivity index (χ0v) is 20.0. The second-order valence-electron chi connectivity index (χ2n) is 7.84.